The van der Waals surface area contributed by atoms with Crippen LogP contribution in [0, 0.1) is 16.7 Å². The summed E-state index contributed by atoms with van der Waals surface area (Å²) in [6.45, 7) is 0. The van der Waals surface area contributed by atoms with Crippen LogP contribution in [-0.4, -0.2) is 5.11 Å². The number of aliphatic hydroxyl groups excluding tert-OH is 1. The maximum atomic E-state index is 10.7. The maximum Gasteiger partial charge on any atom is 0.0990 e. The SMILES string of the molecule is N#CC1(C(O)c2ccccc2Cl)CCCCCCC1. The molecule has 102 valence electrons. The molecule has 1 N–H and O–H groups in total. The van der Waals surface area contributed by atoms with Crippen molar-refractivity contribution in [2.75, 3.05) is 0 Å². The highest BCUT2D eigenvalue weighted by atomic mass is 35.5. The summed E-state index contributed by atoms with van der Waals surface area (Å²) in [5.74, 6) is 0. The van der Waals surface area contributed by atoms with E-state index < -0.39 is 11.5 Å². The maximum absolute atomic E-state index is 10.7. The molecule has 0 heterocycles. The summed E-state index contributed by atoms with van der Waals surface area (Å²) in [4.78, 5) is 0. The summed E-state index contributed by atoms with van der Waals surface area (Å²) in [6.07, 6.45) is 6.29. The van der Waals surface area contributed by atoms with E-state index in [0.717, 1.165) is 38.5 Å². The molecule has 1 fully saturated rings. The first-order chi connectivity index (χ1) is 9.19. The van der Waals surface area contributed by atoms with Gasteiger partial charge in [-0.2, -0.15) is 5.26 Å². The van der Waals surface area contributed by atoms with Crippen molar-refractivity contribution in [3.05, 3.63) is 34.9 Å². The van der Waals surface area contributed by atoms with Crippen LogP contribution in [0.4, 0.5) is 0 Å². The molecule has 1 aliphatic rings. The van der Waals surface area contributed by atoms with Gasteiger partial charge in [-0.05, 0) is 18.9 Å². The quantitative estimate of drug-likeness (QED) is 0.857. The van der Waals surface area contributed by atoms with Gasteiger partial charge >= 0.3 is 0 Å². The average molecular weight is 278 g/mol. The van der Waals surface area contributed by atoms with E-state index in [1.165, 1.54) is 6.42 Å². The van der Waals surface area contributed by atoms with Gasteiger partial charge in [0.05, 0.1) is 17.6 Å². The standard InChI is InChI=1S/C16H20ClNO/c17-14-9-5-4-8-13(14)15(19)16(12-18)10-6-2-1-3-7-11-16/h4-5,8-9,15,19H,1-3,6-7,10-11H2. The number of nitrogens with zero attached hydrogens (tertiary/aromatic N) is 1. The van der Waals surface area contributed by atoms with Crippen LogP contribution in [0.3, 0.4) is 0 Å². The zero-order valence-electron chi connectivity index (χ0n) is 11.1. The fourth-order valence-corrected chi connectivity index (χ4v) is 3.22. The minimum atomic E-state index is -0.788. The lowest BCUT2D eigenvalue weighted by molar-refractivity contribution is 0.0435. The van der Waals surface area contributed by atoms with Crippen LogP contribution >= 0.6 is 11.6 Å². The zero-order valence-corrected chi connectivity index (χ0v) is 11.9. The fourth-order valence-electron chi connectivity index (χ4n) is 2.98. The summed E-state index contributed by atoms with van der Waals surface area (Å²) in [6, 6.07) is 9.70. The van der Waals surface area contributed by atoms with Gasteiger partial charge in [-0.15, -0.1) is 0 Å². The Morgan fingerprint density at radius 2 is 1.68 bits per heavy atom. The van der Waals surface area contributed by atoms with E-state index >= 15 is 0 Å². The lowest BCUT2D eigenvalue weighted by atomic mass is 9.71. The van der Waals surface area contributed by atoms with Crippen LogP contribution in [0.15, 0.2) is 24.3 Å². The molecule has 2 rings (SSSR count). The Balaban J connectivity index is 2.29. The van der Waals surface area contributed by atoms with Crippen LogP contribution < -0.4 is 0 Å². The molecule has 1 aliphatic carbocycles. The van der Waals surface area contributed by atoms with Crippen molar-refractivity contribution in [2.45, 2.75) is 51.0 Å². The van der Waals surface area contributed by atoms with Gasteiger partial charge in [-0.3, -0.25) is 0 Å². The van der Waals surface area contributed by atoms with Gasteiger partial charge in [-0.1, -0.05) is 61.9 Å². The number of aliphatic hydroxyl groups is 1. The van der Waals surface area contributed by atoms with Gasteiger partial charge in [0.1, 0.15) is 0 Å². The van der Waals surface area contributed by atoms with E-state index in [-0.39, 0.29) is 0 Å². The van der Waals surface area contributed by atoms with Crippen LogP contribution in [0.1, 0.15) is 56.6 Å². The number of rotatable bonds is 2. The zero-order chi connectivity index (χ0) is 13.7. The Hall–Kier alpha value is -1.04. The second-order valence-corrected chi connectivity index (χ2v) is 5.87. The molecule has 1 atom stereocenters. The number of hydrogen-bond donors (Lipinski definition) is 1. The van der Waals surface area contributed by atoms with Crippen molar-refractivity contribution in [3.63, 3.8) is 0 Å². The Bertz CT molecular complexity index is 458. The summed E-state index contributed by atoms with van der Waals surface area (Å²) in [5.41, 5.74) is 0.0112. The van der Waals surface area contributed by atoms with Gasteiger partial charge in [-0.25, -0.2) is 0 Å². The number of hydrogen-bond acceptors (Lipinski definition) is 2. The molecular formula is C16H20ClNO. The van der Waals surface area contributed by atoms with Crippen molar-refractivity contribution >= 4 is 11.6 Å². The van der Waals surface area contributed by atoms with Crippen LogP contribution in [-0.2, 0) is 0 Å². The summed E-state index contributed by atoms with van der Waals surface area (Å²) in [5, 5.41) is 20.9. The smallest absolute Gasteiger partial charge is 0.0990 e. The molecule has 1 saturated carbocycles. The Labute approximate surface area is 120 Å². The van der Waals surface area contributed by atoms with E-state index in [9.17, 15) is 10.4 Å². The highest BCUT2D eigenvalue weighted by molar-refractivity contribution is 6.31. The van der Waals surface area contributed by atoms with Gasteiger partial charge in [0.15, 0.2) is 0 Å². The van der Waals surface area contributed by atoms with Gasteiger partial charge in [0.2, 0.25) is 0 Å². The minimum Gasteiger partial charge on any atom is -0.387 e. The van der Waals surface area contributed by atoms with Crippen molar-refractivity contribution in [2.24, 2.45) is 5.41 Å². The molecule has 0 radical (unpaired) electrons. The largest absolute Gasteiger partial charge is 0.387 e. The third kappa shape index (κ3) is 3.11. The molecular weight excluding hydrogens is 258 g/mol. The topological polar surface area (TPSA) is 44.0 Å². The summed E-state index contributed by atoms with van der Waals surface area (Å²) in [7, 11) is 0. The molecule has 0 bridgehead atoms. The van der Waals surface area contributed by atoms with Gasteiger partial charge in [0.25, 0.3) is 0 Å². The highest BCUT2D eigenvalue weighted by Crippen LogP contribution is 2.45. The third-order valence-corrected chi connectivity index (χ3v) is 4.54. The van der Waals surface area contributed by atoms with Crippen molar-refractivity contribution in [3.8, 4) is 6.07 Å². The number of benzene rings is 1. The Morgan fingerprint density at radius 3 is 2.26 bits per heavy atom. The summed E-state index contributed by atoms with van der Waals surface area (Å²) < 4.78 is 0. The third-order valence-electron chi connectivity index (χ3n) is 4.19. The average Bonchev–Trinajstić information content (AvgIpc) is 2.39. The number of nitriles is 1. The van der Waals surface area contributed by atoms with Gasteiger partial charge in [0, 0.05) is 10.6 Å². The molecule has 1 aromatic rings. The normalized spacial score (nSPS) is 20.9. The van der Waals surface area contributed by atoms with E-state index in [0.29, 0.717) is 10.6 Å². The van der Waals surface area contributed by atoms with Crippen molar-refractivity contribution in [1.29, 1.82) is 5.26 Å². The van der Waals surface area contributed by atoms with E-state index in [4.69, 9.17) is 11.6 Å². The first-order valence-electron chi connectivity index (χ1n) is 7.03. The minimum absolute atomic E-state index is 0.548. The molecule has 3 heteroatoms. The first kappa shape index (κ1) is 14.4. The molecule has 1 unspecified atom stereocenters. The van der Waals surface area contributed by atoms with E-state index in [2.05, 4.69) is 6.07 Å². The Kier molecular flexibility index (Phi) is 4.85. The monoisotopic (exact) mass is 277 g/mol. The molecule has 19 heavy (non-hydrogen) atoms. The molecule has 0 spiro atoms. The second kappa shape index (κ2) is 6.41. The van der Waals surface area contributed by atoms with Gasteiger partial charge < -0.3 is 5.11 Å². The molecule has 0 amide bonds. The predicted octanol–water partition coefficient (Wildman–Crippen LogP) is 4.63. The van der Waals surface area contributed by atoms with Crippen LogP contribution in [0.5, 0.6) is 0 Å². The molecule has 1 aromatic carbocycles. The highest BCUT2D eigenvalue weighted by Gasteiger charge is 2.39. The van der Waals surface area contributed by atoms with E-state index in [1.807, 2.05) is 18.2 Å². The lowest BCUT2D eigenvalue weighted by Crippen LogP contribution is -2.28. The second-order valence-electron chi connectivity index (χ2n) is 5.46. The molecule has 0 saturated heterocycles. The van der Waals surface area contributed by atoms with E-state index in [1.54, 1.807) is 6.07 Å². The lowest BCUT2D eigenvalue weighted by Gasteiger charge is -2.33. The van der Waals surface area contributed by atoms with Crippen LogP contribution in [0.25, 0.3) is 0 Å². The molecule has 0 aromatic heterocycles. The molecule has 2 nitrogen and oxygen atoms in total. The fraction of sp³-hybridized carbons (Fsp3) is 0.562. The van der Waals surface area contributed by atoms with Crippen molar-refractivity contribution < 1.29 is 5.11 Å². The first-order valence-corrected chi connectivity index (χ1v) is 7.41. The predicted molar refractivity (Wildman–Crippen MR) is 76.8 cm³/mol. The van der Waals surface area contributed by atoms with Crippen molar-refractivity contribution in [1.82, 2.24) is 0 Å². The van der Waals surface area contributed by atoms with Crippen LogP contribution in [0.2, 0.25) is 5.02 Å². The summed E-state index contributed by atoms with van der Waals surface area (Å²) >= 11 is 6.16. The molecule has 0 aliphatic heterocycles. The Morgan fingerprint density at radius 1 is 1.11 bits per heavy atom. The number of halogens is 1.